The Labute approximate surface area is 176 Å². The number of hydrogen-bond acceptors (Lipinski definition) is 4. The lowest BCUT2D eigenvalue weighted by Gasteiger charge is -2.30. The van der Waals surface area contributed by atoms with Crippen molar-refractivity contribution in [3.05, 3.63) is 82.8 Å². The Bertz CT molecular complexity index is 1000. The molecule has 1 aliphatic heterocycles. The van der Waals surface area contributed by atoms with Crippen LogP contribution in [-0.2, 0) is 4.79 Å². The molecule has 0 radical (unpaired) electrons. The summed E-state index contributed by atoms with van der Waals surface area (Å²) >= 11 is 5.11. The number of fused-ring (bicyclic) bond motifs is 2. The fourth-order valence-corrected chi connectivity index (χ4v) is 4.36. The molecule has 3 aromatic carbocycles. The molecule has 3 aromatic rings. The van der Waals surface area contributed by atoms with E-state index in [0.717, 1.165) is 36.9 Å². The molecule has 6 heteroatoms. The van der Waals surface area contributed by atoms with Crippen LogP contribution in [0, 0.1) is 0 Å². The van der Waals surface area contributed by atoms with Crippen molar-refractivity contribution >= 4 is 50.7 Å². The van der Waals surface area contributed by atoms with E-state index < -0.39 is 0 Å². The molecule has 0 bridgehead atoms. The first-order chi connectivity index (χ1) is 13.6. The minimum absolute atomic E-state index is 0.0486. The maximum absolute atomic E-state index is 13.1. The first-order valence-electron chi connectivity index (χ1n) is 8.85. The highest BCUT2D eigenvalue weighted by Gasteiger charge is 2.27. The number of anilines is 2. The highest BCUT2D eigenvalue weighted by atomic mass is 79.9. The normalized spacial score (nSPS) is 12.9. The van der Waals surface area contributed by atoms with Crippen molar-refractivity contribution < 1.29 is 4.79 Å². The Morgan fingerprint density at radius 3 is 2.14 bits per heavy atom. The van der Waals surface area contributed by atoms with E-state index in [4.69, 9.17) is 0 Å². The van der Waals surface area contributed by atoms with Crippen LogP contribution < -0.4 is 10.3 Å². The topological polar surface area (TPSA) is 44.7 Å². The maximum atomic E-state index is 13.1. The van der Waals surface area contributed by atoms with Crippen LogP contribution in [0.3, 0.4) is 0 Å². The molecule has 1 amide bonds. The Morgan fingerprint density at radius 1 is 0.964 bits per heavy atom. The molecule has 1 heterocycles. The highest BCUT2D eigenvalue weighted by molar-refractivity contribution is 9.10. The van der Waals surface area contributed by atoms with Crippen LogP contribution >= 0.6 is 27.7 Å². The highest BCUT2D eigenvalue weighted by Crippen LogP contribution is 2.47. The van der Waals surface area contributed by atoms with Crippen molar-refractivity contribution in [3.63, 3.8) is 0 Å². The summed E-state index contributed by atoms with van der Waals surface area (Å²) in [5.74, 6) is -0.0486. The molecule has 0 aromatic heterocycles. The fraction of sp³-hybridized carbons (Fsp3) is 0.0909. The van der Waals surface area contributed by atoms with Gasteiger partial charge in [-0.1, -0.05) is 64.1 Å². The van der Waals surface area contributed by atoms with Gasteiger partial charge in [-0.3, -0.25) is 9.69 Å². The third-order valence-corrected chi connectivity index (χ3v) is 6.08. The van der Waals surface area contributed by atoms with Gasteiger partial charge in [0.15, 0.2) is 0 Å². The van der Waals surface area contributed by atoms with Gasteiger partial charge in [0.1, 0.15) is 6.54 Å². The number of amides is 1. The summed E-state index contributed by atoms with van der Waals surface area (Å²) in [7, 11) is 0. The van der Waals surface area contributed by atoms with Crippen molar-refractivity contribution in [1.82, 2.24) is 5.43 Å². The predicted molar refractivity (Wildman–Crippen MR) is 119 cm³/mol. The Balaban J connectivity index is 1.54. The predicted octanol–water partition coefficient (Wildman–Crippen LogP) is 5.59. The lowest BCUT2D eigenvalue weighted by Crippen LogP contribution is -2.35. The first kappa shape index (κ1) is 18.8. The van der Waals surface area contributed by atoms with Gasteiger partial charge >= 0.3 is 0 Å². The molecule has 0 fully saturated rings. The maximum Gasteiger partial charge on any atom is 0.252 e. The average Bonchev–Trinajstić information content (AvgIpc) is 2.72. The SMILES string of the molecule is C/C(=N\NCC(=O)N1c2ccccc2Sc2ccccc21)c1ccc(Br)cc1. The molecule has 4 rings (SSSR count). The molecule has 0 atom stereocenters. The minimum atomic E-state index is -0.0486. The first-order valence-corrected chi connectivity index (χ1v) is 10.5. The minimum Gasteiger partial charge on any atom is -0.300 e. The van der Waals surface area contributed by atoms with Gasteiger partial charge in [0.2, 0.25) is 0 Å². The summed E-state index contributed by atoms with van der Waals surface area (Å²) in [5, 5.41) is 4.37. The molecule has 28 heavy (non-hydrogen) atoms. The van der Waals surface area contributed by atoms with Crippen molar-refractivity contribution in [2.24, 2.45) is 5.10 Å². The summed E-state index contributed by atoms with van der Waals surface area (Å²) in [4.78, 5) is 17.0. The van der Waals surface area contributed by atoms with E-state index in [1.807, 2.05) is 79.7 Å². The van der Waals surface area contributed by atoms with Crippen molar-refractivity contribution in [1.29, 1.82) is 0 Å². The molecule has 0 aliphatic carbocycles. The molecular formula is C22H18BrN3OS. The fourth-order valence-electron chi connectivity index (χ4n) is 3.03. The Kier molecular flexibility index (Phi) is 5.50. The monoisotopic (exact) mass is 451 g/mol. The molecule has 0 unspecified atom stereocenters. The van der Waals surface area contributed by atoms with Crippen LogP contribution in [0.2, 0.25) is 0 Å². The number of carbonyl (C=O) groups is 1. The van der Waals surface area contributed by atoms with Gasteiger partial charge in [-0.25, -0.2) is 0 Å². The van der Waals surface area contributed by atoms with Crippen molar-refractivity contribution in [2.45, 2.75) is 16.7 Å². The van der Waals surface area contributed by atoms with E-state index in [-0.39, 0.29) is 12.5 Å². The molecule has 1 N–H and O–H groups in total. The Hall–Kier alpha value is -2.57. The molecule has 0 spiro atoms. The average molecular weight is 452 g/mol. The quantitative estimate of drug-likeness (QED) is 0.415. The summed E-state index contributed by atoms with van der Waals surface area (Å²) in [6.45, 7) is 2.03. The summed E-state index contributed by atoms with van der Waals surface area (Å²) in [5.41, 5.74) is 6.59. The largest absolute Gasteiger partial charge is 0.300 e. The van der Waals surface area contributed by atoms with Gasteiger partial charge < -0.3 is 5.43 Å². The van der Waals surface area contributed by atoms with Gasteiger partial charge in [0.25, 0.3) is 5.91 Å². The van der Waals surface area contributed by atoms with Crippen molar-refractivity contribution in [2.75, 3.05) is 11.4 Å². The number of rotatable bonds is 4. The van der Waals surface area contributed by atoms with E-state index in [2.05, 4.69) is 26.5 Å². The zero-order chi connectivity index (χ0) is 19.5. The van der Waals surface area contributed by atoms with Gasteiger partial charge in [0, 0.05) is 14.3 Å². The molecule has 0 saturated carbocycles. The van der Waals surface area contributed by atoms with Gasteiger partial charge in [-0.15, -0.1) is 0 Å². The number of nitrogens with one attached hydrogen (secondary N) is 1. The van der Waals surface area contributed by atoms with Gasteiger partial charge in [-0.2, -0.15) is 5.10 Å². The number of benzene rings is 3. The molecular weight excluding hydrogens is 434 g/mol. The van der Waals surface area contributed by atoms with E-state index >= 15 is 0 Å². The molecule has 4 nitrogen and oxygen atoms in total. The summed E-state index contributed by atoms with van der Waals surface area (Å²) in [6, 6.07) is 23.9. The van der Waals surface area contributed by atoms with Crippen LogP contribution in [0.25, 0.3) is 0 Å². The lowest BCUT2D eigenvalue weighted by molar-refractivity contribution is -0.117. The second-order valence-corrected chi connectivity index (χ2v) is 8.31. The number of hydrazone groups is 1. The number of para-hydroxylation sites is 2. The van der Waals surface area contributed by atoms with Gasteiger partial charge in [0.05, 0.1) is 17.1 Å². The smallest absolute Gasteiger partial charge is 0.252 e. The van der Waals surface area contributed by atoms with Crippen LogP contribution in [0.4, 0.5) is 11.4 Å². The van der Waals surface area contributed by atoms with Crippen LogP contribution in [0.5, 0.6) is 0 Å². The van der Waals surface area contributed by atoms with E-state index in [0.29, 0.717) is 0 Å². The molecule has 1 aliphatic rings. The zero-order valence-electron chi connectivity index (χ0n) is 15.2. The zero-order valence-corrected chi connectivity index (χ0v) is 17.6. The number of nitrogens with zero attached hydrogens (tertiary/aromatic N) is 2. The van der Waals surface area contributed by atoms with Crippen LogP contribution in [0.1, 0.15) is 12.5 Å². The van der Waals surface area contributed by atoms with Crippen molar-refractivity contribution in [3.8, 4) is 0 Å². The molecule has 140 valence electrons. The summed E-state index contributed by atoms with van der Waals surface area (Å²) < 4.78 is 1.02. The summed E-state index contributed by atoms with van der Waals surface area (Å²) in [6.07, 6.45) is 0. The van der Waals surface area contributed by atoms with E-state index in [1.54, 1.807) is 16.7 Å². The van der Waals surface area contributed by atoms with Crippen LogP contribution in [-0.4, -0.2) is 18.2 Å². The lowest BCUT2D eigenvalue weighted by atomic mass is 10.1. The second-order valence-electron chi connectivity index (χ2n) is 6.31. The number of carbonyl (C=O) groups excluding carboxylic acids is 1. The molecule has 0 saturated heterocycles. The third kappa shape index (κ3) is 3.84. The van der Waals surface area contributed by atoms with Crippen LogP contribution in [0.15, 0.2) is 92.2 Å². The standard InChI is InChI=1S/C22H18BrN3OS/c1-15(16-10-12-17(23)13-11-16)25-24-14-22(27)26-18-6-2-4-8-20(18)28-21-9-5-3-7-19(21)26/h2-13,24H,14H2,1H3/b25-15+. The van der Waals surface area contributed by atoms with E-state index in [9.17, 15) is 4.79 Å². The Morgan fingerprint density at radius 2 is 1.54 bits per heavy atom. The number of hydrogen-bond donors (Lipinski definition) is 1. The second kappa shape index (κ2) is 8.20. The number of halogens is 1. The third-order valence-electron chi connectivity index (χ3n) is 4.42. The van der Waals surface area contributed by atoms with E-state index in [1.165, 1.54) is 0 Å². The van der Waals surface area contributed by atoms with Gasteiger partial charge in [-0.05, 0) is 48.9 Å².